The summed E-state index contributed by atoms with van der Waals surface area (Å²) in [6.07, 6.45) is 1.74. The number of anilines is 1. The van der Waals surface area contributed by atoms with Crippen LogP contribution in [0.15, 0.2) is 47.4 Å². The van der Waals surface area contributed by atoms with Gasteiger partial charge in [-0.1, -0.05) is 18.2 Å². The van der Waals surface area contributed by atoms with Crippen LogP contribution >= 0.6 is 11.8 Å². The molecule has 0 bridgehead atoms. The number of fused-ring (bicyclic) bond motifs is 1. The van der Waals surface area contributed by atoms with Crippen molar-refractivity contribution in [2.24, 2.45) is 0 Å². The van der Waals surface area contributed by atoms with E-state index in [1.165, 1.54) is 6.92 Å². The second-order valence-electron chi connectivity index (χ2n) is 7.86. The highest BCUT2D eigenvalue weighted by Gasteiger charge is 2.40. The summed E-state index contributed by atoms with van der Waals surface area (Å²) in [6, 6.07) is 13.7. The number of benzene rings is 2. The molecule has 0 saturated carbocycles. The van der Waals surface area contributed by atoms with Crippen LogP contribution in [0.25, 0.3) is 0 Å². The molecule has 31 heavy (non-hydrogen) atoms. The molecule has 2 aromatic rings. The fourth-order valence-electron chi connectivity index (χ4n) is 3.96. The van der Waals surface area contributed by atoms with Gasteiger partial charge in [0.1, 0.15) is 5.75 Å². The molecule has 0 fully saturated rings. The number of ether oxygens (including phenoxy) is 2. The first kappa shape index (κ1) is 23.2. The second-order valence-corrected chi connectivity index (χ2v) is 8.71. The molecule has 1 amide bonds. The van der Waals surface area contributed by atoms with Crippen molar-refractivity contribution in [2.45, 2.75) is 30.3 Å². The Kier molecular flexibility index (Phi) is 7.62. The van der Waals surface area contributed by atoms with Crippen LogP contribution in [0.2, 0.25) is 0 Å². The normalized spacial score (nSPS) is 18.5. The zero-order chi connectivity index (χ0) is 22.5. The number of carbonyl (C=O) groups is 2. The van der Waals surface area contributed by atoms with Crippen molar-refractivity contribution in [3.63, 3.8) is 0 Å². The second kappa shape index (κ2) is 10.2. The van der Waals surface area contributed by atoms with Crippen molar-refractivity contribution in [1.29, 1.82) is 0 Å². The van der Waals surface area contributed by atoms with E-state index in [1.54, 1.807) is 23.8 Å². The van der Waals surface area contributed by atoms with Gasteiger partial charge in [0.25, 0.3) is 5.91 Å². The number of carbonyl (C=O) groups excluding carboxylic acids is 2. The average Bonchev–Trinajstić information content (AvgIpc) is 2.86. The quantitative estimate of drug-likeness (QED) is 0.483. The van der Waals surface area contributed by atoms with E-state index >= 15 is 0 Å². The maximum atomic E-state index is 13.8. The molecule has 0 saturated heterocycles. The number of hydrogen-bond acceptors (Lipinski definition) is 6. The smallest absolute Gasteiger partial charge is 0.303 e. The van der Waals surface area contributed by atoms with Gasteiger partial charge >= 0.3 is 5.97 Å². The van der Waals surface area contributed by atoms with Gasteiger partial charge in [0, 0.05) is 36.5 Å². The first-order chi connectivity index (χ1) is 14.8. The van der Waals surface area contributed by atoms with E-state index in [0.29, 0.717) is 19.5 Å². The van der Waals surface area contributed by atoms with Crippen molar-refractivity contribution in [3.8, 4) is 5.75 Å². The summed E-state index contributed by atoms with van der Waals surface area (Å²) in [5.74, 6) is -0.195. The van der Waals surface area contributed by atoms with Crippen LogP contribution in [0.3, 0.4) is 0 Å². The molecule has 0 spiro atoms. The summed E-state index contributed by atoms with van der Waals surface area (Å²) in [5, 5.41) is 0. The lowest BCUT2D eigenvalue weighted by molar-refractivity contribution is -0.154. The number of rotatable bonds is 7. The molecule has 0 unspecified atom stereocenters. The molecule has 1 aliphatic heterocycles. The molecule has 0 aliphatic carbocycles. The lowest BCUT2D eigenvalue weighted by atomic mass is 9.87. The topological polar surface area (TPSA) is 59.1 Å². The van der Waals surface area contributed by atoms with Crippen LogP contribution in [0.5, 0.6) is 5.75 Å². The van der Waals surface area contributed by atoms with E-state index in [2.05, 4.69) is 6.07 Å². The van der Waals surface area contributed by atoms with Crippen molar-refractivity contribution < 1.29 is 19.1 Å². The Morgan fingerprint density at radius 2 is 1.90 bits per heavy atom. The molecular weight excluding hydrogens is 412 g/mol. The molecular formula is C24H30N2O4S. The zero-order valence-corrected chi connectivity index (χ0v) is 19.6. The van der Waals surface area contributed by atoms with Crippen molar-refractivity contribution in [3.05, 3.63) is 53.6 Å². The van der Waals surface area contributed by atoms with Crippen molar-refractivity contribution in [2.75, 3.05) is 45.5 Å². The van der Waals surface area contributed by atoms with Gasteiger partial charge in [0.05, 0.1) is 7.11 Å². The van der Waals surface area contributed by atoms with Crippen LogP contribution in [-0.4, -0.2) is 63.4 Å². The molecule has 6 nitrogen and oxygen atoms in total. The first-order valence-electron chi connectivity index (χ1n) is 10.3. The van der Waals surface area contributed by atoms with Gasteiger partial charge in [-0.25, -0.2) is 0 Å². The molecule has 0 radical (unpaired) electrons. The number of thioether (sulfide) groups is 1. The summed E-state index contributed by atoms with van der Waals surface area (Å²) < 4.78 is 11.0. The van der Waals surface area contributed by atoms with Gasteiger partial charge in [-0.15, -0.1) is 11.8 Å². The fraction of sp³-hybridized carbons (Fsp3) is 0.417. The minimum Gasteiger partial charge on any atom is -0.497 e. The Morgan fingerprint density at radius 3 is 2.48 bits per heavy atom. The van der Waals surface area contributed by atoms with Crippen LogP contribution < -0.4 is 9.64 Å². The van der Waals surface area contributed by atoms with E-state index in [-0.39, 0.29) is 11.8 Å². The predicted molar refractivity (Wildman–Crippen MR) is 124 cm³/mol. The number of methoxy groups -OCH3 is 1. The van der Waals surface area contributed by atoms with Crippen LogP contribution in [0.4, 0.5) is 5.69 Å². The molecule has 2 atom stereocenters. The average molecular weight is 443 g/mol. The largest absolute Gasteiger partial charge is 0.497 e. The Morgan fingerprint density at radius 1 is 1.19 bits per heavy atom. The third-order valence-corrected chi connectivity index (χ3v) is 6.35. The Balaban J connectivity index is 2.14. The summed E-state index contributed by atoms with van der Waals surface area (Å²) in [6.45, 7) is 2.58. The van der Waals surface area contributed by atoms with E-state index in [9.17, 15) is 9.59 Å². The van der Waals surface area contributed by atoms with Crippen molar-refractivity contribution >= 4 is 29.3 Å². The number of likely N-dealkylation sites (N-methyl/N-ethyl adjacent to an activating group) is 1. The van der Waals surface area contributed by atoms with Gasteiger partial charge < -0.3 is 19.3 Å². The van der Waals surface area contributed by atoms with E-state index in [1.807, 2.05) is 61.6 Å². The molecule has 7 heteroatoms. The predicted octanol–water partition coefficient (Wildman–Crippen LogP) is 3.58. The number of esters is 1. The van der Waals surface area contributed by atoms with Crippen LogP contribution in [0.1, 0.15) is 24.0 Å². The van der Waals surface area contributed by atoms with E-state index in [4.69, 9.17) is 9.47 Å². The lowest BCUT2D eigenvalue weighted by Gasteiger charge is -2.29. The Bertz CT molecular complexity index is 930. The zero-order valence-electron chi connectivity index (χ0n) is 18.8. The SMILES string of the molecule is COc1ccc([C@H]2Cc3c(SC)cccc3N(CCN(C)C)C(=O)[C@H]2OC(C)=O)cc1. The summed E-state index contributed by atoms with van der Waals surface area (Å²) in [5.41, 5.74) is 2.95. The third kappa shape index (κ3) is 5.22. The molecule has 2 aromatic carbocycles. The Labute approximate surface area is 188 Å². The maximum absolute atomic E-state index is 13.8. The van der Waals surface area contributed by atoms with Gasteiger partial charge in [-0.3, -0.25) is 9.59 Å². The highest BCUT2D eigenvalue weighted by molar-refractivity contribution is 7.98. The van der Waals surface area contributed by atoms with Crippen molar-refractivity contribution in [1.82, 2.24) is 4.90 Å². The van der Waals surface area contributed by atoms with Gasteiger partial charge in [0.2, 0.25) is 0 Å². The Hall–Kier alpha value is -2.51. The maximum Gasteiger partial charge on any atom is 0.303 e. The van der Waals surface area contributed by atoms with E-state index < -0.39 is 12.1 Å². The summed E-state index contributed by atoms with van der Waals surface area (Å²) >= 11 is 1.66. The monoisotopic (exact) mass is 442 g/mol. The highest BCUT2D eigenvalue weighted by Crippen LogP contribution is 2.40. The molecule has 3 rings (SSSR count). The molecule has 0 N–H and O–H groups in total. The van der Waals surface area contributed by atoms with Gasteiger partial charge in [-0.05, 0) is 62.2 Å². The number of amides is 1. The minimum atomic E-state index is -0.893. The van der Waals surface area contributed by atoms with Gasteiger partial charge in [-0.2, -0.15) is 0 Å². The molecule has 0 aromatic heterocycles. The standard InChI is InChI=1S/C24H30N2O4S/c1-16(27)30-23-19(17-9-11-18(29-4)12-10-17)15-20-21(7-6-8-22(20)31-5)26(24(23)28)14-13-25(2)3/h6-12,19,23H,13-15H2,1-5H3/t19-,23+/m1/s1. The van der Waals surface area contributed by atoms with Gasteiger partial charge in [0.15, 0.2) is 6.10 Å². The minimum absolute atomic E-state index is 0.185. The molecule has 1 aliphatic rings. The summed E-state index contributed by atoms with van der Waals surface area (Å²) in [4.78, 5) is 30.7. The fourth-order valence-corrected chi connectivity index (χ4v) is 4.61. The van der Waals surface area contributed by atoms with E-state index in [0.717, 1.165) is 27.5 Å². The van der Waals surface area contributed by atoms with Crippen LogP contribution in [0, 0.1) is 0 Å². The number of hydrogen-bond donors (Lipinski definition) is 0. The third-order valence-electron chi connectivity index (χ3n) is 5.53. The van der Waals surface area contributed by atoms with Crippen LogP contribution in [-0.2, 0) is 20.7 Å². The molecule has 166 valence electrons. The lowest BCUT2D eigenvalue weighted by Crippen LogP contribution is -2.45. The first-order valence-corrected chi connectivity index (χ1v) is 11.5. The summed E-state index contributed by atoms with van der Waals surface area (Å²) in [7, 11) is 5.58. The highest BCUT2D eigenvalue weighted by atomic mass is 32.2. The molecule has 1 heterocycles. The number of nitrogens with zero attached hydrogens (tertiary/aromatic N) is 2.